The molecule has 1 amide bonds. The van der Waals surface area contributed by atoms with E-state index in [2.05, 4.69) is 15.3 Å². The second-order valence-electron chi connectivity index (χ2n) is 8.44. The van der Waals surface area contributed by atoms with Gasteiger partial charge in [-0.1, -0.05) is 49.6 Å². The highest BCUT2D eigenvalue weighted by atomic mass is 32.2. The van der Waals surface area contributed by atoms with Crippen LogP contribution in [0.25, 0.3) is 21.3 Å². The highest BCUT2D eigenvalue weighted by Crippen LogP contribution is 2.30. The Labute approximate surface area is 202 Å². The highest BCUT2D eigenvalue weighted by molar-refractivity contribution is 7.99. The number of thioether (sulfide) groups is 1. The van der Waals surface area contributed by atoms with E-state index in [0.717, 1.165) is 22.4 Å². The van der Waals surface area contributed by atoms with Crippen LogP contribution in [0.2, 0.25) is 0 Å². The Bertz CT molecular complexity index is 1110. The number of hydrogen-bond acceptors (Lipinski definition) is 6. The van der Waals surface area contributed by atoms with Gasteiger partial charge in [0.2, 0.25) is 5.91 Å². The lowest BCUT2D eigenvalue weighted by atomic mass is 9.98. The SMILES string of the molecule is C[C@@H](SCc1nc2scc(-c3ccccc3)c2c(=O)[nH]1)C(=O)NCCCOC1CCCCC1. The average molecular weight is 486 g/mol. The number of aromatic amines is 1. The quantitative estimate of drug-likeness (QED) is 0.389. The number of nitrogens with zero attached hydrogens (tertiary/aromatic N) is 1. The van der Waals surface area contributed by atoms with E-state index in [4.69, 9.17) is 4.74 Å². The van der Waals surface area contributed by atoms with Gasteiger partial charge in [0.05, 0.1) is 22.5 Å². The molecule has 0 bridgehead atoms. The van der Waals surface area contributed by atoms with Gasteiger partial charge in [-0.2, -0.15) is 0 Å². The van der Waals surface area contributed by atoms with Crippen LogP contribution in [0, 0.1) is 0 Å². The summed E-state index contributed by atoms with van der Waals surface area (Å²) in [5.41, 5.74) is 1.78. The van der Waals surface area contributed by atoms with Crippen LogP contribution < -0.4 is 10.9 Å². The molecule has 2 N–H and O–H groups in total. The monoisotopic (exact) mass is 485 g/mol. The Balaban J connectivity index is 1.24. The van der Waals surface area contributed by atoms with Crippen molar-refractivity contribution < 1.29 is 9.53 Å². The van der Waals surface area contributed by atoms with E-state index in [0.29, 0.717) is 36.2 Å². The molecule has 1 fully saturated rings. The van der Waals surface area contributed by atoms with E-state index in [1.54, 1.807) is 0 Å². The summed E-state index contributed by atoms with van der Waals surface area (Å²) in [4.78, 5) is 33.4. The maximum Gasteiger partial charge on any atom is 0.260 e. The first-order chi connectivity index (χ1) is 16.1. The van der Waals surface area contributed by atoms with E-state index in [-0.39, 0.29) is 16.7 Å². The first-order valence-corrected chi connectivity index (χ1v) is 13.6. The number of carbonyl (C=O) groups is 1. The molecule has 3 aromatic rings. The fourth-order valence-corrected chi connectivity index (χ4v) is 5.83. The highest BCUT2D eigenvalue weighted by Gasteiger charge is 2.17. The summed E-state index contributed by atoms with van der Waals surface area (Å²) in [5.74, 6) is 1.08. The molecular formula is C25H31N3O3S2. The number of ether oxygens (including phenoxy) is 1. The minimum absolute atomic E-state index is 0.00331. The minimum Gasteiger partial charge on any atom is -0.378 e. The number of fused-ring (bicyclic) bond motifs is 1. The minimum atomic E-state index is -0.228. The summed E-state index contributed by atoms with van der Waals surface area (Å²) in [7, 11) is 0. The summed E-state index contributed by atoms with van der Waals surface area (Å²) in [6.45, 7) is 3.20. The van der Waals surface area contributed by atoms with Crippen molar-refractivity contribution in [1.29, 1.82) is 0 Å². The summed E-state index contributed by atoms with van der Waals surface area (Å²) in [6.07, 6.45) is 7.43. The molecule has 0 spiro atoms. The third kappa shape index (κ3) is 6.46. The van der Waals surface area contributed by atoms with Crippen LogP contribution >= 0.6 is 23.1 Å². The molecule has 1 aliphatic rings. The Kier molecular flexibility index (Phi) is 8.58. The zero-order chi connectivity index (χ0) is 23.0. The molecule has 8 heteroatoms. The molecule has 1 aromatic carbocycles. The van der Waals surface area contributed by atoms with Crippen molar-refractivity contribution in [1.82, 2.24) is 15.3 Å². The van der Waals surface area contributed by atoms with Gasteiger partial charge in [-0.25, -0.2) is 4.98 Å². The number of hydrogen-bond donors (Lipinski definition) is 2. The summed E-state index contributed by atoms with van der Waals surface area (Å²) in [6, 6.07) is 9.86. The first-order valence-electron chi connectivity index (χ1n) is 11.7. The topological polar surface area (TPSA) is 84.1 Å². The van der Waals surface area contributed by atoms with Crippen LogP contribution in [0.4, 0.5) is 0 Å². The molecule has 4 rings (SSSR count). The molecule has 0 unspecified atom stereocenters. The lowest BCUT2D eigenvalue weighted by Gasteiger charge is -2.22. The van der Waals surface area contributed by atoms with Gasteiger partial charge in [-0.05, 0) is 31.7 Å². The molecule has 0 aliphatic heterocycles. The number of nitrogens with one attached hydrogen (secondary N) is 2. The number of rotatable bonds is 10. The Hall–Kier alpha value is -2.16. The second kappa shape index (κ2) is 11.8. The summed E-state index contributed by atoms with van der Waals surface area (Å²) < 4.78 is 5.91. The fraction of sp³-hybridized carbons (Fsp3) is 0.480. The smallest absolute Gasteiger partial charge is 0.260 e. The van der Waals surface area contributed by atoms with Crippen LogP contribution in [0.15, 0.2) is 40.5 Å². The van der Waals surface area contributed by atoms with E-state index in [1.807, 2.05) is 42.6 Å². The van der Waals surface area contributed by atoms with Crippen molar-refractivity contribution in [2.45, 2.75) is 62.6 Å². The molecule has 0 saturated heterocycles. The average Bonchev–Trinajstić information content (AvgIpc) is 3.28. The van der Waals surface area contributed by atoms with Gasteiger partial charge >= 0.3 is 0 Å². The lowest BCUT2D eigenvalue weighted by Crippen LogP contribution is -2.32. The number of amides is 1. The van der Waals surface area contributed by atoms with Gasteiger partial charge in [0.25, 0.3) is 5.56 Å². The van der Waals surface area contributed by atoms with Crippen LogP contribution in [0.5, 0.6) is 0 Å². The van der Waals surface area contributed by atoms with Gasteiger partial charge in [0.1, 0.15) is 10.7 Å². The van der Waals surface area contributed by atoms with Crippen LogP contribution in [0.3, 0.4) is 0 Å². The predicted octanol–water partition coefficient (Wildman–Crippen LogP) is 5.13. The number of carbonyl (C=O) groups excluding carboxylic acids is 1. The molecule has 1 aliphatic carbocycles. The van der Waals surface area contributed by atoms with Crippen LogP contribution in [0.1, 0.15) is 51.3 Å². The first kappa shape index (κ1) is 24.0. The van der Waals surface area contributed by atoms with E-state index in [9.17, 15) is 9.59 Å². The van der Waals surface area contributed by atoms with Crippen molar-refractivity contribution >= 4 is 39.2 Å². The van der Waals surface area contributed by atoms with Crippen LogP contribution in [-0.2, 0) is 15.3 Å². The van der Waals surface area contributed by atoms with Crippen molar-refractivity contribution in [3.05, 3.63) is 51.9 Å². The van der Waals surface area contributed by atoms with Gasteiger partial charge in [0, 0.05) is 24.1 Å². The molecule has 1 saturated carbocycles. The van der Waals surface area contributed by atoms with Crippen molar-refractivity contribution in [2.24, 2.45) is 0 Å². The molecule has 6 nitrogen and oxygen atoms in total. The summed E-state index contributed by atoms with van der Waals surface area (Å²) in [5, 5.41) is 5.37. The summed E-state index contributed by atoms with van der Waals surface area (Å²) >= 11 is 2.95. The van der Waals surface area contributed by atoms with E-state index < -0.39 is 0 Å². The molecule has 1 atom stereocenters. The standard InChI is InChI=1S/C25H31N3O3S2/c1-17(23(29)26-13-8-14-31-19-11-6-3-7-12-19)32-16-21-27-24(30)22-20(15-33-25(22)28-21)18-9-4-2-5-10-18/h2,4-5,9-10,15,17,19H,3,6-8,11-14,16H2,1H3,(H,26,29)(H,27,28,30)/t17-/m1/s1. The third-order valence-electron chi connectivity index (χ3n) is 5.94. The van der Waals surface area contributed by atoms with Gasteiger partial charge in [-0.15, -0.1) is 23.1 Å². The van der Waals surface area contributed by atoms with Gasteiger partial charge in [-0.3, -0.25) is 9.59 Å². The maximum absolute atomic E-state index is 12.8. The normalized spacial score (nSPS) is 15.5. The van der Waals surface area contributed by atoms with E-state index >= 15 is 0 Å². The van der Waals surface area contributed by atoms with E-state index in [1.165, 1.54) is 55.2 Å². The van der Waals surface area contributed by atoms with Crippen molar-refractivity contribution in [2.75, 3.05) is 13.2 Å². The molecule has 33 heavy (non-hydrogen) atoms. The number of H-pyrrole nitrogens is 1. The zero-order valence-electron chi connectivity index (χ0n) is 19.0. The Morgan fingerprint density at radius 3 is 2.85 bits per heavy atom. The molecule has 176 valence electrons. The molecular weight excluding hydrogens is 454 g/mol. The third-order valence-corrected chi connectivity index (χ3v) is 7.97. The van der Waals surface area contributed by atoms with Crippen molar-refractivity contribution in [3.63, 3.8) is 0 Å². The van der Waals surface area contributed by atoms with Crippen molar-refractivity contribution in [3.8, 4) is 11.1 Å². The number of thiophene rings is 1. The molecule has 2 heterocycles. The predicted molar refractivity (Wildman–Crippen MR) is 137 cm³/mol. The molecule has 2 aromatic heterocycles. The second-order valence-corrected chi connectivity index (χ2v) is 10.6. The number of benzene rings is 1. The van der Waals surface area contributed by atoms with Crippen LogP contribution in [-0.4, -0.2) is 40.4 Å². The Morgan fingerprint density at radius 2 is 2.06 bits per heavy atom. The fourth-order valence-electron chi connectivity index (χ4n) is 4.08. The number of aromatic nitrogens is 2. The lowest BCUT2D eigenvalue weighted by molar-refractivity contribution is -0.120. The largest absolute Gasteiger partial charge is 0.378 e. The Morgan fingerprint density at radius 1 is 1.27 bits per heavy atom. The maximum atomic E-state index is 12.8. The molecule has 0 radical (unpaired) electrons. The van der Waals surface area contributed by atoms with Gasteiger partial charge in [0.15, 0.2) is 0 Å². The van der Waals surface area contributed by atoms with Gasteiger partial charge < -0.3 is 15.0 Å². The zero-order valence-corrected chi connectivity index (χ0v) is 20.6.